The molecule has 0 radical (unpaired) electrons. The number of fused-ring (bicyclic) bond motifs is 1. The first-order valence-corrected chi connectivity index (χ1v) is 10.0. The summed E-state index contributed by atoms with van der Waals surface area (Å²) in [5.74, 6) is -3.10. The Morgan fingerprint density at radius 3 is 1.83 bits per heavy atom. The van der Waals surface area contributed by atoms with Crippen LogP contribution in [0, 0.1) is 25.5 Å². The molecule has 1 aliphatic rings. The normalized spacial score (nSPS) is 16.6. The molecule has 0 aliphatic carbocycles. The summed E-state index contributed by atoms with van der Waals surface area (Å²) in [4.78, 5) is -0.128. The molecule has 8 heteroatoms. The molecule has 0 aromatic heterocycles. The van der Waals surface area contributed by atoms with Crippen molar-refractivity contribution < 1.29 is 31.6 Å². The number of aromatic hydroxyl groups is 2. The van der Waals surface area contributed by atoms with E-state index in [0.717, 1.165) is 12.1 Å². The Morgan fingerprint density at radius 1 is 0.862 bits per heavy atom. The van der Waals surface area contributed by atoms with Crippen LogP contribution >= 0.6 is 0 Å². The van der Waals surface area contributed by atoms with Crippen molar-refractivity contribution in [3.8, 4) is 11.5 Å². The van der Waals surface area contributed by atoms with E-state index in [2.05, 4.69) is 0 Å². The topological polar surface area (TPSA) is 83.8 Å². The van der Waals surface area contributed by atoms with E-state index < -0.39 is 38.9 Å². The van der Waals surface area contributed by atoms with Gasteiger partial charge in [-0.25, -0.2) is 13.0 Å². The second kappa shape index (κ2) is 6.27. The molecule has 1 heterocycles. The van der Waals surface area contributed by atoms with Gasteiger partial charge in [0.15, 0.2) is 28.7 Å². The molecule has 5 nitrogen and oxygen atoms in total. The maximum absolute atomic E-state index is 14.4. The summed E-state index contributed by atoms with van der Waals surface area (Å²) in [6, 6.07) is 10.6. The lowest BCUT2D eigenvalue weighted by Crippen LogP contribution is -2.30. The van der Waals surface area contributed by atoms with Gasteiger partial charge in [0.1, 0.15) is 4.90 Å². The van der Waals surface area contributed by atoms with E-state index in [1.54, 1.807) is 6.07 Å². The summed E-state index contributed by atoms with van der Waals surface area (Å²) in [5.41, 5.74) is -1.30. The predicted octanol–water partition coefficient (Wildman–Crippen LogP) is 4.00. The van der Waals surface area contributed by atoms with Gasteiger partial charge in [-0.15, -0.1) is 0 Å². The van der Waals surface area contributed by atoms with Crippen molar-refractivity contribution in [2.24, 2.45) is 0 Å². The zero-order valence-corrected chi connectivity index (χ0v) is 16.2. The molecule has 0 atom stereocenters. The Bertz CT molecular complexity index is 1160. The standard InChI is InChI=1S/C21H16F2O5S/c1-11-7-13(9-16(22)19(11)24)21(14-8-12(2)20(25)17(23)10-14)15-5-3-4-6-18(15)29(26,27)28-21/h3-10,24-25H,1-2H3/i22-1,23-1. The lowest BCUT2D eigenvalue weighted by atomic mass is 9.79. The number of phenols is 2. The van der Waals surface area contributed by atoms with Crippen LogP contribution in [-0.2, 0) is 19.9 Å². The van der Waals surface area contributed by atoms with E-state index >= 15 is 0 Å². The third-order valence-corrected chi connectivity index (χ3v) is 6.46. The van der Waals surface area contributed by atoms with Crippen LogP contribution in [0.4, 0.5) is 8.78 Å². The SMILES string of the molecule is Cc1cc(C2(c3cc(C)c(O)c([18F])c3)OS(=O)(=O)c3ccccc32)cc([18F])c1O. The van der Waals surface area contributed by atoms with Crippen LogP contribution in [0.15, 0.2) is 53.4 Å². The van der Waals surface area contributed by atoms with Crippen LogP contribution in [0.1, 0.15) is 27.8 Å². The van der Waals surface area contributed by atoms with Gasteiger partial charge in [-0.1, -0.05) is 18.2 Å². The molecule has 2 N–H and O–H groups in total. The average Bonchev–Trinajstić information content (AvgIpc) is 2.92. The highest BCUT2D eigenvalue weighted by molar-refractivity contribution is 7.87. The summed E-state index contributed by atoms with van der Waals surface area (Å²) in [6.45, 7) is 2.90. The minimum absolute atomic E-state index is 0.0586. The first-order chi connectivity index (χ1) is 13.6. The fourth-order valence-electron chi connectivity index (χ4n) is 3.68. The summed E-state index contributed by atoms with van der Waals surface area (Å²) in [7, 11) is -4.25. The molecule has 29 heavy (non-hydrogen) atoms. The summed E-state index contributed by atoms with van der Waals surface area (Å²) >= 11 is 0. The smallest absolute Gasteiger partial charge is 0.298 e. The van der Waals surface area contributed by atoms with Crippen LogP contribution in [0.2, 0.25) is 0 Å². The highest BCUT2D eigenvalue weighted by atomic mass is 32.2. The summed E-state index contributed by atoms with van der Waals surface area (Å²) in [6.07, 6.45) is 0. The molecule has 0 saturated heterocycles. The molecule has 0 spiro atoms. The molecule has 150 valence electrons. The van der Waals surface area contributed by atoms with Crippen LogP contribution in [0.5, 0.6) is 11.5 Å². The lowest BCUT2D eigenvalue weighted by molar-refractivity contribution is 0.178. The number of aryl methyl sites for hydroxylation is 2. The summed E-state index contributed by atoms with van der Waals surface area (Å²) in [5, 5.41) is 19.6. The van der Waals surface area contributed by atoms with Gasteiger partial charge in [-0.2, -0.15) is 8.42 Å². The van der Waals surface area contributed by atoms with E-state index in [4.69, 9.17) is 4.18 Å². The molecule has 0 saturated carbocycles. The Hall–Kier alpha value is -2.97. The quantitative estimate of drug-likeness (QED) is 0.617. The van der Waals surface area contributed by atoms with Crippen molar-refractivity contribution in [3.63, 3.8) is 0 Å². The largest absolute Gasteiger partial charge is 0.505 e. The summed E-state index contributed by atoms with van der Waals surface area (Å²) < 4.78 is 59.9. The molecular weight excluding hydrogens is 400 g/mol. The molecule has 0 amide bonds. The Kier molecular flexibility index (Phi) is 4.18. The van der Waals surface area contributed by atoms with Crippen molar-refractivity contribution in [3.05, 3.63) is 88.0 Å². The highest BCUT2D eigenvalue weighted by Gasteiger charge is 2.52. The zero-order chi connectivity index (χ0) is 21.1. The molecular formula is C21H16F2O5S. The van der Waals surface area contributed by atoms with Crippen molar-refractivity contribution in [1.29, 1.82) is 0 Å². The van der Waals surface area contributed by atoms with Gasteiger partial charge in [-0.3, -0.25) is 0 Å². The number of hydrogen-bond acceptors (Lipinski definition) is 5. The van der Waals surface area contributed by atoms with Gasteiger partial charge in [0.05, 0.1) is 0 Å². The van der Waals surface area contributed by atoms with E-state index in [1.165, 1.54) is 44.2 Å². The monoisotopic (exact) mass is 416 g/mol. The number of phenolic OH excluding ortho intramolecular Hbond substituents is 2. The molecule has 3 aromatic carbocycles. The van der Waals surface area contributed by atoms with Crippen molar-refractivity contribution in [2.75, 3.05) is 0 Å². The average molecular weight is 416 g/mol. The van der Waals surface area contributed by atoms with Crippen LogP contribution in [0.3, 0.4) is 0 Å². The van der Waals surface area contributed by atoms with Gasteiger partial charge in [0, 0.05) is 5.56 Å². The van der Waals surface area contributed by atoms with E-state index in [0.29, 0.717) is 0 Å². The third kappa shape index (κ3) is 2.71. The van der Waals surface area contributed by atoms with Gasteiger partial charge >= 0.3 is 0 Å². The number of hydrogen-bond donors (Lipinski definition) is 2. The fourth-order valence-corrected chi connectivity index (χ4v) is 5.11. The van der Waals surface area contributed by atoms with E-state index in [1.807, 2.05) is 0 Å². The second-order valence-electron chi connectivity index (χ2n) is 6.96. The fraction of sp³-hybridized carbons (Fsp3) is 0.143. The maximum atomic E-state index is 14.4. The first kappa shape index (κ1) is 19.4. The van der Waals surface area contributed by atoms with Gasteiger partial charge in [0.2, 0.25) is 0 Å². The number of benzene rings is 3. The van der Waals surface area contributed by atoms with Gasteiger partial charge < -0.3 is 10.2 Å². The molecule has 1 aliphatic heterocycles. The number of rotatable bonds is 2. The van der Waals surface area contributed by atoms with E-state index in [-0.39, 0.29) is 32.7 Å². The lowest BCUT2D eigenvalue weighted by Gasteiger charge is -2.30. The van der Waals surface area contributed by atoms with Crippen LogP contribution in [-0.4, -0.2) is 18.6 Å². The zero-order valence-electron chi connectivity index (χ0n) is 15.4. The molecule has 4 rings (SSSR count). The Morgan fingerprint density at radius 2 is 1.34 bits per heavy atom. The minimum atomic E-state index is -4.25. The predicted molar refractivity (Wildman–Crippen MR) is 100 cm³/mol. The van der Waals surface area contributed by atoms with Gasteiger partial charge in [0.25, 0.3) is 10.1 Å². The minimum Gasteiger partial charge on any atom is -0.505 e. The van der Waals surface area contributed by atoms with E-state index in [9.17, 15) is 27.4 Å². The molecule has 0 fully saturated rings. The first-order valence-electron chi connectivity index (χ1n) is 8.62. The van der Waals surface area contributed by atoms with Crippen molar-refractivity contribution in [1.82, 2.24) is 0 Å². The highest BCUT2D eigenvalue weighted by Crippen LogP contribution is 2.51. The Labute approximate surface area is 166 Å². The second-order valence-corrected chi connectivity index (χ2v) is 8.48. The Balaban J connectivity index is 2.16. The molecule has 0 bridgehead atoms. The number of halogens is 2. The third-order valence-electron chi connectivity index (χ3n) is 5.09. The van der Waals surface area contributed by atoms with Crippen LogP contribution in [0.25, 0.3) is 0 Å². The van der Waals surface area contributed by atoms with Crippen molar-refractivity contribution >= 4 is 10.1 Å². The van der Waals surface area contributed by atoms with Crippen LogP contribution < -0.4 is 0 Å². The molecule has 0 unspecified atom stereocenters. The molecule has 3 aromatic rings. The maximum Gasteiger partial charge on any atom is 0.298 e. The van der Waals surface area contributed by atoms with Crippen molar-refractivity contribution in [2.45, 2.75) is 24.3 Å². The van der Waals surface area contributed by atoms with Gasteiger partial charge in [-0.05, 0) is 66.4 Å².